The molecule has 0 spiro atoms. The van der Waals surface area contributed by atoms with E-state index in [1.54, 1.807) is 21.3 Å². The Hall–Kier alpha value is -2.82. The first-order valence-corrected chi connectivity index (χ1v) is 11.0. The van der Waals surface area contributed by atoms with E-state index in [0.29, 0.717) is 0 Å². The third-order valence-corrected chi connectivity index (χ3v) is 5.77. The van der Waals surface area contributed by atoms with Crippen LogP contribution in [0.3, 0.4) is 0 Å². The maximum atomic E-state index is 9.10. The smallest absolute Gasteiger partial charge is 0.414 e. The van der Waals surface area contributed by atoms with Gasteiger partial charge in [-0.15, -0.1) is 0 Å². The van der Waals surface area contributed by atoms with Gasteiger partial charge in [-0.2, -0.15) is 0 Å². The van der Waals surface area contributed by atoms with Gasteiger partial charge >= 0.3 is 11.9 Å². The Bertz CT molecular complexity index is 934. The summed E-state index contributed by atoms with van der Waals surface area (Å²) < 4.78 is 17.2. The SMILES string of the molecule is COc1ccc(OC)c(CN2CCN(Cc3ccc(OC)c(Br)c3)CC2)c1.O=C(O)C(=O)O. The van der Waals surface area contributed by atoms with Crippen molar-refractivity contribution in [3.8, 4) is 17.2 Å². The minimum absolute atomic E-state index is 0.870. The highest BCUT2D eigenvalue weighted by atomic mass is 79.9. The van der Waals surface area contributed by atoms with Gasteiger partial charge < -0.3 is 24.4 Å². The van der Waals surface area contributed by atoms with E-state index in [1.807, 2.05) is 18.2 Å². The lowest BCUT2D eigenvalue weighted by Crippen LogP contribution is -2.45. The molecule has 3 rings (SSSR count). The lowest BCUT2D eigenvalue weighted by molar-refractivity contribution is -0.159. The number of aliphatic carboxylic acids is 2. The second kappa shape index (κ2) is 13.0. The first-order valence-electron chi connectivity index (χ1n) is 10.2. The average molecular weight is 525 g/mol. The van der Waals surface area contributed by atoms with Gasteiger partial charge in [-0.05, 0) is 51.8 Å². The van der Waals surface area contributed by atoms with E-state index in [2.05, 4.69) is 43.9 Å². The topological polar surface area (TPSA) is 109 Å². The fourth-order valence-electron chi connectivity index (χ4n) is 3.42. The fraction of sp³-hybridized carbons (Fsp3) is 0.391. The Morgan fingerprint density at radius 1 is 0.818 bits per heavy atom. The van der Waals surface area contributed by atoms with Crippen molar-refractivity contribution < 1.29 is 34.0 Å². The van der Waals surface area contributed by atoms with Crippen LogP contribution in [0.5, 0.6) is 17.2 Å². The highest BCUT2D eigenvalue weighted by Crippen LogP contribution is 2.27. The highest BCUT2D eigenvalue weighted by molar-refractivity contribution is 9.10. The summed E-state index contributed by atoms with van der Waals surface area (Å²) in [4.78, 5) is 23.2. The first-order chi connectivity index (χ1) is 15.8. The molecule has 9 nitrogen and oxygen atoms in total. The van der Waals surface area contributed by atoms with Gasteiger partial charge in [0.1, 0.15) is 17.2 Å². The van der Waals surface area contributed by atoms with Crippen LogP contribution in [-0.2, 0) is 22.7 Å². The van der Waals surface area contributed by atoms with Crippen LogP contribution >= 0.6 is 15.9 Å². The lowest BCUT2D eigenvalue weighted by atomic mass is 10.1. The molecule has 0 unspecified atom stereocenters. The molecule has 0 aromatic heterocycles. The normalized spacial score (nSPS) is 14.1. The van der Waals surface area contributed by atoms with Crippen LogP contribution in [0, 0.1) is 0 Å². The molecular weight excluding hydrogens is 496 g/mol. The average Bonchev–Trinajstić information content (AvgIpc) is 2.80. The second-order valence-corrected chi connectivity index (χ2v) is 8.16. The number of hydrogen-bond donors (Lipinski definition) is 2. The van der Waals surface area contributed by atoms with Gasteiger partial charge in [-0.1, -0.05) is 6.07 Å². The number of ether oxygens (including phenoxy) is 3. The second-order valence-electron chi connectivity index (χ2n) is 7.31. The molecule has 1 aliphatic rings. The van der Waals surface area contributed by atoms with Crippen LogP contribution in [0.4, 0.5) is 0 Å². The maximum Gasteiger partial charge on any atom is 0.414 e. The molecule has 10 heteroatoms. The summed E-state index contributed by atoms with van der Waals surface area (Å²) in [5.74, 6) is -0.989. The molecule has 2 aromatic rings. The van der Waals surface area contributed by atoms with Gasteiger partial charge in [0.05, 0.1) is 25.8 Å². The van der Waals surface area contributed by atoms with Crippen molar-refractivity contribution in [1.82, 2.24) is 9.80 Å². The van der Waals surface area contributed by atoms with Crippen molar-refractivity contribution in [2.45, 2.75) is 13.1 Å². The number of hydrogen-bond acceptors (Lipinski definition) is 7. The summed E-state index contributed by atoms with van der Waals surface area (Å²) in [6.45, 7) is 6.02. The van der Waals surface area contributed by atoms with E-state index in [0.717, 1.165) is 61.0 Å². The molecule has 0 atom stereocenters. The first kappa shape index (κ1) is 26.4. The molecule has 1 saturated heterocycles. The van der Waals surface area contributed by atoms with Crippen LogP contribution in [-0.4, -0.2) is 79.5 Å². The molecule has 1 heterocycles. The summed E-state index contributed by atoms with van der Waals surface area (Å²) >= 11 is 3.57. The lowest BCUT2D eigenvalue weighted by Gasteiger charge is -2.35. The summed E-state index contributed by atoms with van der Waals surface area (Å²) in [5.41, 5.74) is 2.47. The van der Waals surface area contributed by atoms with Crippen LogP contribution in [0.1, 0.15) is 11.1 Å². The minimum atomic E-state index is -1.82. The van der Waals surface area contributed by atoms with Crippen LogP contribution in [0.25, 0.3) is 0 Å². The van der Waals surface area contributed by atoms with E-state index < -0.39 is 11.9 Å². The molecule has 0 aliphatic carbocycles. The molecule has 180 valence electrons. The standard InChI is InChI=1S/C21H27BrN2O3.C2H2O4/c1-25-18-5-7-20(26-2)17(13-18)15-24-10-8-23(9-11-24)14-16-4-6-21(27-3)19(22)12-16;3-1(4)2(5)6/h4-7,12-13H,8-11,14-15H2,1-3H3;(H,3,4)(H,5,6). The zero-order valence-electron chi connectivity index (χ0n) is 18.9. The van der Waals surface area contributed by atoms with Gasteiger partial charge in [-0.25, -0.2) is 9.59 Å². The summed E-state index contributed by atoms with van der Waals surface area (Å²) in [7, 11) is 5.11. The number of benzene rings is 2. The van der Waals surface area contributed by atoms with Gasteiger partial charge in [0.25, 0.3) is 0 Å². The number of carboxylic acid groups (broad SMARTS) is 2. The Morgan fingerprint density at radius 2 is 1.36 bits per heavy atom. The number of rotatable bonds is 7. The minimum Gasteiger partial charge on any atom is -0.497 e. The van der Waals surface area contributed by atoms with Crippen LogP contribution < -0.4 is 14.2 Å². The van der Waals surface area contributed by atoms with Crippen LogP contribution in [0.2, 0.25) is 0 Å². The van der Waals surface area contributed by atoms with E-state index in [4.69, 9.17) is 34.0 Å². The molecule has 0 saturated carbocycles. The van der Waals surface area contributed by atoms with Crippen molar-refractivity contribution in [2.75, 3.05) is 47.5 Å². The fourth-order valence-corrected chi connectivity index (χ4v) is 4.01. The Kier molecular flexibility index (Phi) is 10.4. The predicted octanol–water partition coefficient (Wildman–Crippen LogP) is 2.95. The van der Waals surface area contributed by atoms with E-state index in [-0.39, 0.29) is 0 Å². The molecule has 2 aromatic carbocycles. The molecule has 0 radical (unpaired) electrons. The molecular formula is C23H29BrN2O7. The van der Waals surface area contributed by atoms with E-state index >= 15 is 0 Å². The number of methoxy groups -OCH3 is 3. The predicted molar refractivity (Wildman–Crippen MR) is 126 cm³/mol. The molecule has 2 N–H and O–H groups in total. The monoisotopic (exact) mass is 524 g/mol. The molecule has 0 amide bonds. The number of carbonyl (C=O) groups is 2. The number of piperazine rings is 1. The largest absolute Gasteiger partial charge is 0.497 e. The van der Waals surface area contributed by atoms with Gasteiger partial charge in [0.15, 0.2) is 0 Å². The Morgan fingerprint density at radius 3 is 1.85 bits per heavy atom. The van der Waals surface area contributed by atoms with Gasteiger partial charge in [0, 0.05) is 44.8 Å². The van der Waals surface area contributed by atoms with Gasteiger partial charge in [0.2, 0.25) is 0 Å². The third kappa shape index (κ3) is 8.23. The summed E-state index contributed by atoms with van der Waals surface area (Å²) in [6, 6.07) is 12.3. The van der Waals surface area contributed by atoms with Gasteiger partial charge in [-0.3, -0.25) is 9.80 Å². The summed E-state index contributed by atoms with van der Waals surface area (Å²) in [5, 5.41) is 14.8. The molecule has 1 fully saturated rings. The maximum absolute atomic E-state index is 9.10. The Labute approximate surface area is 201 Å². The quantitative estimate of drug-likeness (QED) is 0.528. The van der Waals surface area contributed by atoms with E-state index in [1.165, 1.54) is 11.1 Å². The summed E-state index contributed by atoms with van der Waals surface area (Å²) in [6.07, 6.45) is 0. The number of carboxylic acids is 2. The molecule has 1 aliphatic heterocycles. The number of nitrogens with zero attached hydrogens (tertiary/aromatic N) is 2. The zero-order chi connectivity index (χ0) is 24.4. The third-order valence-electron chi connectivity index (χ3n) is 5.15. The van der Waals surface area contributed by atoms with E-state index in [9.17, 15) is 0 Å². The molecule has 33 heavy (non-hydrogen) atoms. The van der Waals surface area contributed by atoms with Crippen molar-refractivity contribution >= 4 is 27.9 Å². The van der Waals surface area contributed by atoms with Crippen molar-refractivity contribution in [1.29, 1.82) is 0 Å². The Balaban J connectivity index is 0.000000569. The van der Waals surface area contributed by atoms with Crippen molar-refractivity contribution in [3.05, 3.63) is 52.0 Å². The number of halogens is 1. The zero-order valence-corrected chi connectivity index (χ0v) is 20.5. The molecule has 0 bridgehead atoms. The van der Waals surface area contributed by atoms with Crippen molar-refractivity contribution in [3.63, 3.8) is 0 Å². The highest BCUT2D eigenvalue weighted by Gasteiger charge is 2.19. The van der Waals surface area contributed by atoms with Crippen molar-refractivity contribution in [2.24, 2.45) is 0 Å². The van der Waals surface area contributed by atoms with Crippen LogP contribution in [0.15, 0.2) is 40.9 Å².